The Bertz CT molecular complexity index is 432. The van der Waals surface area contributed by atoms with E-state index in [1.165, 1.54) is 43.4 Å². The van der Waals surface area contributed by atoms with Crippen molar-refractivity contribution in [2.24, 2.45) is 11.7 Å². The van der Waals surface area contributed by atoms with Crippen molar-refractivity contribution < 1.29 is 4.79 Å². The monoisotopic (exact) mass is 331 g/mol. The van der Waals surface area contributed by atoms with Gasteiger partial charge < -0.3 is 10.6 Å². The molecule has 0 aromatic carbocycles. The van der Waals surface area contributed by atoms with Crippen molar-refractivity contribution in [3.05, 3.63) is 16.1 Å². The number of amides is 1. The molecule has 1 aliphatic carbocycles. The number of hydrogen-bond acceptors (Lipinski definition) is 4. The number of carbonyl (C=O) groups is 1. The largest absolute Gasteiger partial charge is 0.340 e. The fourth-order valence-electron chi connectivity index (χ4n) is 2.80. The maximum absolute atomic E-state index is 12.3. The number of hydrogen-bond donors (Lipinski definition) is 1. The van der Waals surface area contributed by atoms with Crippen LogP contribution in [-0.4, -0.2) is 35.9 Å². The van der Waals surface area contributed by atoms with Gasteiger partial charge in [0, 0.05) is 25.4 Å². The molecule has 0 saturated heterocycles. The first-order chi connectivity index (χ1) is 9.70. The van der Waals surface area contributed by atoms with Crippen molar-refractivity contribution in [3.63, 3.8) is 0 Å². The van der Waals surface area contributed by atoms with Crippen molar-refractivity contribution in [2.45, 2.75) is 44.9 Å². The van der Waals surface area contributed by atoms with E-state index < -0.39 is 0 Å². The first-order valence-corrected chi connectivity index (χ1v) is 8.48. The number of thiazole rings is 1. The molecule has 0 aliphatic heterocycles. The molecule has 1 saturated carbocycles. The Morgan fingerprint density at radius 3 is 2.81 bits per heavy atom. The van der Waals surface area contributed by atoms with Crippen molar-refractivity contribution in [2.75, 3.05) is 20.1 Å². The van der Waals surface area contributed by atoms with E-state index in [1.807, 2.05) is 17.3 Å². The van der Waals surface area contributed by atoms with Gasteiger partial charge in [-0.25, -0.2) is 4.98 Å². The van der Waals surface area contributed by atoms with Gasteiger partial charge in [-0.15, -0.1) is 23.7 Å². The Hall–Kier alpha value is -0.650. The second-order valence-corrected chi connectivity index (χ2v) is 6.63. The Kier molecular flexibility index (Phi) is 8.22. The predicted molar refractivity (Wildman–Crippen MR) is 90.3 cm³/mol. The molecule has 1 aromatic rings. The standard InChI is InChI=1S/C15H25N3OS.ClH/c1-18(10-8-12-5-3-2-4-6-12)15(19)13-11-20-14(17-13)7-9-16;/h11-12H,2-10,16H2,1H3;1H. The number of nitrogens with zero attached hydrogens (tertiary/aromatic N) is 2. The second kappa shape index (κ2) is 9.38. The third kappa shape index (κ3) is 5.57. The second-order valence-electron chi connectivity index (χ2n) is 5.68. The van der Waals surface area contributed by atoms with Crippen LogP contribution >= 0.6 is 23.7 Å². The van der Waals surface area contributed by atoms with Crippen LogP contribution in [0.4, 0.5) is 0 Å². The zero-order valence-electron chi connectivity index (χ0n) is 12.7. The highest BCUT2D eigenvalue weighted by Gasteiger charge is 2.18. The van der Waals surface area contributed by atoms with Crippen LogP contribution < -0.4 is 5.73 Å². The van der Waals surface area contributed by atoms with Gasteiger partial charge in [0.2, 0.25) is 0 Å². The van der Waals surface area contributed by atoms with Gasteiger partial charge in [-0.05, 0) is 18.9 Å². The van der Waals surface area contributed by atoms with Gasteiger partial charge in [0.15, 0.2) is 0 Å². The number of aromatic nitrogens is 1. The highest BCUT2D eigenvalue weighted by atomic mass is 35.5. The van der Waals surface area contributed by atoms with E-state index in [9.17, 15) is 4.79 Å². The van der Waals surface area contributed by atoms with E-state index in [4.69, 9.17) is 5.73 Å². The number of carbonyl (C=O) groups excluding carboxylic acids is 1. The Balaban J connectivity index is 0.00000220. The fourth-order valence-corrected chi connectivity index (χ4v) is 3.58. The molecule has 0 atom stereocenters. The number of rotatable bonds is 6. The fraction of sp³-hybridized carbons (Fsp3) is 0.733. The first-order valence-electron chi connectivity index (χ1n) is 7.60. The van der Waals surface area contributed by atoms with Crippen LogP contribution in [0.1, 0.15) is 54.0 Å². The minimum atomic E-state index is 0. The lowest BCUT2D eigenvalue weighted by Crippen LogP contribution is -2.29. The molecule has 1 aromatic heterocycles. The third-order valence-corrected chi connectivity index (χ3v) is 4.98. The summed E-state index contributed by atoms with van der Waals surface area (Å²) in [6.07, 6.45) is 8.65. The molecular weight excluding hydrogens is 306 g/mol. The van der Waals surface area contributed by atoms with Crippen LogP contribution in [0.15, 0.2) is 5.38 Å². The molecule has 6 heteroatoms. The maximum atomic E-state index is 12.3. The summed E-state index contributed by atoms with van der Waals surface area (Å²) in [5.74, 6) is 0.850. The molecule has 0 bridgehead atoms. The summed E-state index contributed by atoms with van der Waals surface area (Å²) in [5.41, 5.74) is 6.08. The Morgan fingerprint density at radius 1 is 1.43 bits per heavy atom. The zero-order chi connectivity index (χ0) is 14.4. The van der Waals surface area contributed by atoms with Gasteiger partial charge in [-0.3, -0.25) is 4.79 Å². The highest BCUT2D eigenvalue weighted by Crippen LogP contribution is 2.26. The van der Waals surface area contributed by atoms with E-state index in [2.05, 4.69) is 4.98 Å². The minimum absolute atomic E-state index is 0. The molecule has 0 spiro atoms. The summed E-state index contributed by atoms with van der Waals surface area (Å²) in [4.78, 5) is 18.5. The van der Waals surface area contributed by atoms with Gasteiger partial charge >= 0.3 is 0 Å². The molecule has 1 aliphatic rings. The predicted octanol–water partition coefficient (Wildman–Crippen LogP) is 3.11. The Labute approximate surface area is 137 Å². The van der Waals surface area contributed by atoms with Gasteiger partial charge in [0.05, 0.1) is 5.01 Å². The van der Waals surface area contributed by atoms with Crippen molar-refractivity contribution >= 4 is 29.7 Å². The molecule has 120 valence electrons. The van der Waals surface area contributed by atoms with E-state index in [0.29, 0.717) is 12.2 Å². The molecule has 0 radical (unpaired) electrons. The van der Waals surface area contributed by atoms with E-state index >= 15 is 0 Å². The van der Waals surface area contributed by atoms with Crippen molar-refractivity contribution in [1.82, 2.24) is 9.88 Å². The molecule has 1 heterocycles. The first kappa shape index (κ1) is 18.4. The lowest BCUT2D eigenvalue weighted by Gasteiger charge is -2.24. The number of halogens is 1. The normalized spacial score (nSPS) is 15.5. The summed E-state index contributed by atoms with van der Waals surface area (Å²) >= 11 is 1.53. The summed E-state index contributed by atoms with van der Waals surface area (Å²) in [6.45, 7) is 1.42. The van der Waals surface area contributed by atoms with Crippen molar-refractivity contribution in [1.29, 1.82) is 0 Å². The van der Waals surface area contributed by atoms with E-state index in [-0.39, 0.29) is 18.3 Å². The van der Waals surface area contributed by atoms with Crippen LogP contribution in [0.5, 0.6) is 0 Å². The van der Waals surface area contributed by atoms with E-state index in [1.54, 1.807) is 0 Å². The van der Waals surface area contributed by atoms with Crippen LogP contribution in [-0.2, 0) is 6.42 Å². The summed E-state index contributed by atoms with van der Waals surface area (Å²) < 4.78 is 0. The average Bonchev–Trinajstić information content (AvgIpc) is 2.94. The van der Waals surface area contributed by atoms with Crippen LogP contribution in [0.2, 0.25) is 0 Å². The van der Waals surface area contributed by atoms with Crippen LogP contribution in [0, 0.1) is 5.92 Å². The molecule has 1 fully saturated rings. The van der Waals surface area contributed by atoms with Crippen LogP contribution in [0.25, 0.3) is 0 Å². The molecular formula is C15H26ClN3OS. The summed E-state index contributed by atoms with van der Waals surface area (Å²) in [7, 11) is 1.88. The smallest absolute Gasteiger partial charge is 0.273 e. The lowest BCUT2D eigenvalue weighted by molar-refractivity contribution is 0.0778. The molecule has 2 N–H and O–H groups in total. The van der Waals surface area contributed by atoms with E-state index in [0.717, 1.165) is 30.3 Å². The quantitative estimate of drug-likeness (QED) is 0.871. The molecule has 21 heavy (non-hydrogen) atoms. The van der Waals surface area contributed by atoms with Gasteiger partial charge in [-0.1, -0.05) is 32.1 Å². The topological polar surface area (TPSA) is 59.2 Å². The van der Waals surface area contributed by atoms with Gasteiger partial charge in [0.1, 0.15) is 5.69 Å². The molecule has 2 rings (SSSR count). The number of nitrogens with two attached hydrogens (primary N) is 1. The van der Waals surface area contributed by atoms with Gasteiger partial charge in [0.25, 0.3) is 5.91 Å². The highest BCUT2D eigenvalue weighted by molar-refractivity contribution is 7.09. The summed E-state index contributed by atoms with van der Waals surface area (Å²) in [5, 5.41) is 2.81. The molecule has 4 nitrogen and oxygen atoms in total. The zero-order valence-corrected chi connectivity index (χ0v) is 14.3. The minimum Gasteiger partial charge on any atom is -0.340 e. The molecule has 0 unspecified atom stereocenters. The maximum Gasteiger partial charge on any atom is 0.273 e. The third-order valence-electron chi connectivity index (χ3n) is 4.07. The summed E-state index contributed by atoms with van der Waals surface area (Å²) in [6, 6.07) is 0. The Morgan fingerprint density at radius 2 is 2.14 bits per heavy atom. The SMILES string of the molecule is CN(CCC1CCCCC1)C(=O)c1csc(CCN)n1.Cl. The van der Waals surface area contributed by atoms with Crippen molar-refractivity contribution in [3.8, 4) is 0 Å². The van der Waals surface area contributed by atoms with Gasteiger partial charge in [-0.2, -0.15) is 0 Å². The lowest BCUT2D eigenvalue weighted by atomic mass is 9.87. The average molecular weight is 332 g/mol. The van der Waals surface area contributed by atoms with Crippen LogP contribution in [0.3, 0.4) is 0 Å². The molecule has 1 amide bonds.